The molecule has 0 aromatic heterocycles. The van der Waals surface area contributed by atoms with Gasteiger partial charge in [-0.3, -0.25) is 9.59 Å². The Morgan fingerprint density at radius 1 is 1.19 bits per heavy atom. The van der Waals surface area contributed by atoms with Crippen LogP contribution in [0.2, 0.25) is 0 Å². The number of anilines is 2. The minimum Gasteiger partial charge on any atom is -0.482 e. The molecular formula is C19H18N2O5S. The lowest BCUT2D eigenvalue weighted by atomic mass is 10.2. The Kier molecular flexibility index (Phi) is 4.35. The Morgan fingerprint density at radius 2 is 2.00 bits per heavy atom. The van der Waals surface area contributed by atoms with E-state index in [0.717, 1.165) is 17.7 Å². The Balaban J connectivity index is 1.46. The molecule has 2 amide bonds. The van der Waals surface area contributed by atoms with Gasteiger partial charge in [0.15, 0.2) is 16.4 Å². The highest BCUT2D eigenvalue weighted by atomic mass is 32.2. The van der Waals surface area contributed by atoms with Crippen LogP contribution < -0.4 is 15.0 Å². The zero-order chi connectivity index (χ0) is 19.0. The molecule has 0 saturated carbocycles. The first-order valence-electron chi connectivity index (χ1n) is 8.62. The molecule has 0 fully saturated rings. The van der Waals surface area contributed by atoms with E-state index in [9.17, 15) is 18.0 Å². The quantitative estimate of drug-likeness (QED) is 0.865. The molecule has 2 aromatic rings. The normalized spacial score (nSPS) is 15.6. The zero-order valence-electron chi connectivity index (χ0n) is 14.5. The maximum absolute atomic E-state index is 12.6. The molecule has 0 atom stereocenters. The Bertz CT molecular complexity index is 1030. The van der Waals surface area contributed by atoms with Crippen molar-refractivity contribution in [3.05, 3.63) is 48.0 Å². The molecule has 0 bridgehead atoms. The van der Waals surface area contributed by atoms with Crippen molar-refractivity contribution in [1.29, 1.82) is 0 Å². The van der Waals surface area contributed by atoms with Gasteiger partial charge in [0, 0.05) is 24.7 Å². The molecule has 1 N–H and O–H groups in total. The number of amides is 2. The van der Waals surface area contributed by atoms with Crippen LogP contribution in [-0.4, -0.2) is 39.1 Å². The fraction of sp³-hybridized carbons (Fsp3) is 0.263. The molecule has 2 aliphatic heterocycles. The van der Waals surface area contributed by atoms with Gasteiger partial charge in [-0.05, 0) is 30.2 Å². The average molecular weight is 386 g/mol. The molecule has 2 heterocycles. The number of carbonyl (C=O) groups is 2. The topological polar surface area (TPSA) is 92.8 Å². The van der Waals surface area contributed by atoms with Crippen molar-refractivity contribution < 1.29 is 22.7 Å². The van der Waals surface area contributed by atoms with E-state index in [0.29, 0.717) is 18.0 Å². The molecule has 0 radical (unpaired) electrons. The molecular weight excluding hydrogens is 368 g/mol. The van der Waals surface area contributed by atoms with E-state index in [1.165, 1.54) is 18.2 Å². The first kappa shape index (κ1) is 17.5. The molecule has 2 aromatic carbocycles. The van der Waals surface area contributed by atoms with Crippen molar-refractivity contribution >= 4 is 33.0 Å². The van der Waals surface area contributed by atoms with Crippen molar-refractivity contribution in [2.45, 2.75) is 17.7 Å². The molecule has 27 heavy (non-hydrogen) atoms. The third kappa shape index (κ3) is 3.40. The summed E-state index contributed by atoms with van der Waals surface area (Å²) in [5, 5.41) is 2.62. The Morgan fingerprint density at radius 3 is 2.85 bits per heavy atom. The highest BCUT2D eigenvalue weighted by molar-refractivity contribution is 7.91. The van der Waals surface area contributed by atoms with Gasteiger partial charge in [-0.25, -0.2) is 8.42 Å². The second-order valence-corrected chi connectivity index (χ2v) is 8.60. The van der Waals surface area contributed by atoms with Gasteiger partial charge < -0.3 is 15.0 Å². The maximum Gasteiger partial charge on any atom is 0.262 e. The van der Waals surface area contributed by atoms with Crippen LogP contribution in [0.15, 0.2) is 47.4 Å². The maximum atomic E-state index is 12.6. The molecule has 7 nitrogen and oxygen atoms in total. The summed E-state index contributed by atoms with van der Waals surface area (Å²) in [6, 6.07) is 12.0. The number of carbonyl (C=O) groups excluding carboxylic acids is 2. The summed E-state index contributed by atoms with van der Waals surface area (Å²) in [5.74, 6) is -0.453. The first-order chi connectivity index (χ1) is 12.9. The van der Waals surface area contributed by atoms with E-state index in [4.69, 9.17) is 4.74 Å². The molecule has 2 aliphatic rings. The van der Waals surface area contributed by atoms with Gasteiger partial charge in [0.25, 0.3) is 5.91 Å². The minimum absolute atomic E-state index is 0.0759. The van der Waals surface area contributed by atoms with Crippen molar-refractivity contribution in [3.63, 3.8) is 0 Å². The molecule has 0 saturated heterocycles. The molecule has 0 unspecified atom stereocenters. The first-order valence-corrected chi connectivity index (χ1v) is 10.3. The minimum atomic E-state index is -3.65. The predicted molar refractivity (Wildman–Crippen MR) is 99.7 cm³/mol. The van der Waals surface area contributed by atoms with Gasteiger partial charge in [-0.15, -0.1) is 0 Å². The number of nitrogens with zero attached hydrogens (tertiary/aromatic N) is 1. The van der Waals surface area contributed by atoms with Crippen molar-refractivity contribution in [1.82, 2.24) is 0 Å². The number of ether oxygens (including phenoxy) is 1. The van der Waals surface area contributed by atoms with Crippen molar-refractivity contribution in [2.24, 2.45) is 0 Å². The fourth-order valence-electron chi connectivity index (χ4n) is 3.32. The summed E-state index contributed by atoms with van der Waals surface area (Å²) in [4.78, 5) is 25.6. The summed E-state index contributed by atoms with van der Waals surface area (Å²) in [6.45, 7) is 0.425. The second kappa shape index (κ2) is 6.70. The molecule has 8 heteroatoms. The lowest BCUT2D eigenvalue weighted by Crippen LogP contribution is -2.30. The predicted octanol–water partition coefficient (Wildman–Crippen LogP) is 1.77. The number of para-hydroxylation sites is 1. The van der Waals surface area contributed by atoms with Gasteiger partial charge in [0.1, 0.15) is 5.75 Å². The van der Waals surface area contributed by atoms with Gasteiger partial charge in [0.2, 0.25) is 5.91 Å². The number of hydrogen-bond donors (Lipinski definition) is 1. The average Bonchev–Trinajstić information content (AvgIpc) is 3.10. The van der Waals surface area contributed by atoms with Crippen LogP contribution in [0.1, 0.15) is 12.0 Å². The second-order valence-electron chi connectivity index (χ2n) is 6.49. The van der Waals surface area contributed by atoms with Crippen LogP contribution in [-0.2, 0) is 25.8 Å². The van der Waals surface area contributed by atoms with Crippen molar-refractivity contribution in [3.8, 4) is 5.75 Å². The van der Waals surface area contributed by atoms with E-state index in [2.05, 4.69) is 5.32 Å². The van der Waals surface area contributed by atoms with E-state index in [1.807, 2.05) is 24.3 Å². The van der Waals surface area contributed by atoms with Gasteiger partial charge in [0.05, 0.1) is 16.3 Å². The molecule has 0 spiro atoms. The van der Waals surface area contributed by atoms with Gasteiger partial charge in [-0.1, -0.05) is 18.2 Å². The summed E-state index contributed by atoms with van der Waals surface area (Å²) in [6.07, 6.45) is 0.688. The fourth-order valence-corrected chi connectivity index (χ4v) is 4.56. The lowest BCUT2D eigenvalue weighted by molar-refractivity contribution is -0.119. The zero-order valence-corrected chi connectivity index (χ0v) is 15.3. The number of sulfone groups is 1. The number of fused-ring (bicyclic) bond motifs is 2. The summed E-state index contributed by atoms with van der Waals surface area (Å²) in [5.41, 5.74) is 2.40. The lowest BCUT2D eigenvalue weighted by Gasteiger charge is -2.19. The van der Waals surface area contributed by atoms with Crippen molar-refractivity contribution in [2.75, 3.05) is 29.1 Å². The van der Waals surface area contributed by atoms with Crippen LogP contribution in [0.5, 0.6) is 5.75 Å². The third-order valence-corrected chi connectivity index (χ3v) is 6.43. The van der Waals surface area contributed by atoms with E-state index >= 15 is 0 Å². The van der Waals surface area contributed by atoms with Crippen LogP contribution >= 0.6 is 0 Å². The van der Waals surface area contributed by atoms with Crippen LogP contribution in [0.4, 0.5) is 11.4 Å². The largest absolute Gasteiger partial charge is 0.482 e. The highest BCUT2D eigenvalue weighted by Gasteiger charge is 2.26. The van der Waals surface area contributed by atoms with E-state index < -0.39 is 9.84 Å². The molecule has 0 aliphatic carbocycles. The third-order valence-electron chi connectivity index (χ3n) is 4.72. The van der Waals surface area contributed by atoms with Gasteiger partial charge in [-0.2, -0.15) is 0 Å². The SMILES string of the molecule is O=C1COc2cc(S(=O)(=O)CCC(=O)N3CCc4ccccc43)ccc2N1. The Hall–Kier alpha value is -2.87. The van der Waals surface area contributed by atoms with Crippen LogP contribution in [0, 0.1) is 0 Å². The monoisotopic (exact) mass is 386 g/mol. The number of benzene rings is 2. The van der Waals surface area contributed by atoms with E-state index in [1.54, 1.807) is 4.90 Å². The van der Waals surface area contributed by atoms with E-state index in [-0.39, 0.29) is 35.5 Å². The number of hydrogen-bond acceptors (Lipinski definition) is 5. The number of rotatable bonds is 4. The van der Waals surface area contributed by atoms with Gasteiger partial charge >= 0.3 is 0 Å². The number of nitrogens with one attached hydrogen (secondary N) is 1. The summed E-state index contributed by atoms with van der Waals surface area (Å²) >= 11 is 0. The van der Waals surface area contributed by atoms with Crippen LogP contribution in [0.25, 0.3) is 0 Å². The molecule has 140 valence electrons. The van der Waals surface area contributed by atoms with Crippen LogP contribution in [0.3, 0.4) is 0 Å². The summed E-state index contributed by atoms with van der Waals surface area (Å²) in [7, 11) is -3.65. The summed E-state index contributed by atoms with van der Waals surface area (Å²) < 4.78 is 30.5. The molecule has 4 rings (SSSR count). The standard InChI is InChI=1S/C19H18N2O5S/c22-18-12-26-17-11-14(5-6-15(17)20-18)27(24,25)10-8-19(23)21-9-7-13-3-1-2-4-16(13)21/h1-6,11H,7-10,12H2,(H,20,22). The smallest absolute Gasteiger partial charge is 0.262 e. The highest BCUT2D eigenvalue weighted by Crippen LogP contribution is 2.31. The Labute approximate surface area is 156 Å².